The molecule has 1 aromatic carbocycles. The Morgan fingerprint density at radius 2 is 2.10 bits per heavy atom. The predicted octanol–water partition coefficient (Wildman–Crippen LogP) is 2.26. The van der Waals surface area contributed by atoms with Crippen LogP contribution in [0, 0.1) is 11.3 Å². The van der Waals surface area contributed by atoms with Crippen LogP contribution in [0.5, 0.6) is 0 Å². The summed E-state index contributed by atoms with van der Waals surface area (Å²) in [5.41, 5.74) is -0.918. The van der Waals surface area contributed by atoms with E-state index < -0.39 is 24.2 Å². The maximum absolute atomic E-state index is 13.9. The van der Waals surface area contributed by atoms with Crippen LogP contribution < -0.4 is 5.32 Å². The van der Waals surface area contributed by atoms with E-state index in [2.05, 4.69) is 10.1 Å². The van der Waals surface area contributed by atoms with Crippen LogP contribution in [0.2, 0.25) is 0 Å². The first-order valence-electron chi connectivity index (χ1n) is 5.91. The zero-order valence-corrected chi connectivity index (χ0v) is 11.5. The van der Waals surface area contributed by atoms with E-state index in [0.717, 1.165) is 0 Å². The largest absolute Gasteiger partial charge is 0.456 e. The summed E-state index contributed by atoms with van der Waals surface area (Å²) in [6.45, 7) is 3.48. The average Bonchev–Trinajstić information content (AvgIpc) is 2.34. The SMILES string of the molecule is CC(=O)OCC(=O)Nc1ccc(C(C)(C)F)c(C#N)c1. The van der Waals surface area contributed by atoms with Gasteiger partial charge in [0.05, 0.1) is 11.6 Å². The van der Waals surface area contributed by atoms with Crippen molar-refractivity contribution in [3.63, 3.8) is 0 Å². The normalized spacial score (nSPS) is 10.6. The van der Waals surface area contributed by atoms with Gasteiger partial charge >= 0.3 is 5.97 Å². The number of esters is 1. The topological polar surface area (TPSA) is 79.2 Å². The molecule has 1 aromatic rings. The molecular formula is C14H15FN2O3. The van der Waals surface area contributed by atoms with Crippen molar-refractivity contribution in [1.29, 1.82) is 5.26 Å². The first kappa shape index (κ1) is 15.6. The van der Waals surface area contributed by atoms with Crippen LogP contribution in [0.25, 0.3) is 0 Å². The highest BCUT2D eigenvalue weighted by atomic mass is 19.1. The molecule has 6 heteroatoms. The summed E-state index contributed by atoms with van der Waals surface area (Å²) in [5, 5.41) is 11.5. The van der Waals surface area contributed by atoms with Gasteiger partial charge in [0.1, 0.15) is 5.67 Å². The fraction of sp³-hybridized carbons (Fsp3) is 0.357. The molecule has 0 spiro atoms. The fourth-order valence-electron chi connectivity index (χ4n) is 1.60. The van der Waals surface area contributed by atoms with Crippen molar-refractivity contribution < 1.29 is 18.7 Å². The molecule has 0 bridgehead atoms. The molecule has 0 aromatic heterocycles. The third kappa shape index (κ3) is 4.35. The van der Waals surface area contributed by atoms with E-state index in [-0.39, 0.29) is 11.1 Å². The van der Waals surface area contributed by atoms with Gasteiger partial charge in [-0.3, -0.25) is 9.59 Å². The number of carbonyl (C=O) groups is 2. The second kappa shape index (κ2) is 6.15. The molecule has 0 atom stereocenters. The molecule has 1 amide bonds. The molecular weight excluding hydrogens is 263 g/mol. The van der Waals surface area contributed by atoms with E-state index in [4.69, 9.17) is 5.26 Å². The number of anilines is 1. The summed E-state index contributed by atoms with van der Waals surface area (Å²) in [7, 11) is 0. The molecule has 0 aliphatic rings. The second-order valence-electron chi connectivity index (χ2n) is 4.67. The van der Waals surface area contributed by atoms with Crippen LogP contribution in [0.15, 0.2) is 18.2 Å². The van der Waals surface area contributed by atoms with E-state index in [1.807, 2.05) is 6.07 Å². The first-order chi connectivity index (χ1) is 9.24. The molecule has 0 aliphatic heterocycles. The minimum atomic E-state index is -1.65. The Bertz CT molecular complexity index is 571. The van der Waals surface area contributed by atoms with Gasteiger partial charge in [0.15, 0.2) is 6.61 Å². The monoisotopic (exact) mass is 278 g/mol. The molecule has 5 nitrogen and oxygen atoms in total. The maximum Gasteiger partial charge on any atom is 0.303 e. The molecule has 0 radical (unpaired) electrons. The van der Waals surface area contributed by atoms with Crippen LogP contribution >= 0.6 is 0 Å². The number of rotatable bonds is 4. The van der Waals surface area contributed by atoms with Crippen molar-refractivity contribution in [1.82, 2.24) is 0 Å². The van der Waals surface area contributed by atoms with Crippen molar-refractivity contribution in [3.05, 3.63) is 29.3 Å². The van der Waals surface area contributed by atoms with Crippen LogP contribution in [0.3, 0.4) is 0 Å². The van der Waals surface area contributed by atoms with Gasteiger partial charge in [0.25, 0.3) is 5.91 Å². The number of ether oxygens (including phenoxy) is 1. The summed E-state index contributed by atoms with van der Waals surface area (Å²) in [5.74, 6) is -1.09. The van der Waals surface area contributed by atoms with E-state index in [1.54, 1.807) is 0 Å². The van der Waals surface area contributed by atoms with E-state index in [9.17, 15) is 14.0 Å². The summed E-state index contributed by atoms with van der Waals surface area (Å²) in [6.07, 6.45) is 0. The molecule has 1 N–H and O–H groups in total. The van der Waals surface area contributed by atoms with Gasteiger partial charge in [0, 0.05) is 18.2 Å². The predicted molar refractivity (Wildman–Crippen MR) is 70.6 cm³/mol. The molecule has 0 heterocycles. The summed E-state index contributed by atoms with van der Waals surface area (Å²) >= 11 is 0. The van der Waals surface area contributed by atoms with Gasteiger partial charge in [-0.1, -0.05) is 6.07 Å². The van der Waals surface area contributed by atoms with Crippen molar-refractivity contribution >= 4 is 17.6 Å². The summed E-state index contributed by atoms with van der Waals surface area (Å²) < 4.78 is 18.4. The van der Waals surface area contributed by atoms with Gasteiger partial charge in [-0.05, 0) is 26.0 Å². The lowest BCUT2D eigenvalue weighted by Gasteiger charge is -2.17. The third-order valence-electron chi connectivity index (χ3n) is 2.47. The molecule has 0 unspecified atom stereocenters. The Kier molecular flexibility index (Phi) is 4.81. The zero-order chi connectivity index (χ0) is 15.3. The van der Waals surface area contributed by atoms with Gasteiger partial charge < -0.3 is 10.1 Å². The number of benzene rings is 1. The smallest absolute Gasteiger partial charge is 0.303 e. The molecule has 0 saturated carbocycles. The number of halogens is 1. The van der Waals surface area contributed by atoms with Crippen molar-refractivity contribution in [2.24, 2.45) is 0 Å². The van der Waals surface area contributed by atoms with Crippen molar-refractivity contribution in [2.75, 3.05) is 11.9 Å². The van der Waals surface area contributed by atoms with Gasteiger partial charge in [-0.2, -0.15) is 5.26 Å². The molecule has 0 aliphatic carbocycles. The molecule has 106 valence electrons. The number of hydrogen-bond donors (Lipinski definition) is 1. The Balaban J connectivity index is 2.87. The number of hydrogen-bond acceptors (Lipinski definition) is 4. The second-order valence-corrected chi connectivity index (χ2v) is 4.67. The quantitative estimate of drug-likeness (QED) is 0.857. The third-order valence-corrected chi connectivity index (χ3v) is 2.47. The summed E-state index contributed by atoms with van der Waals surface area (Å²) in [4.78, 5) is 22.0. The molecule has 1 rings (SSSR count). The van der Waals surface area contributed by atoms with Gasteiger partial charge in [-0.25, -0.2) is 4.39 Å². The van der Waals surface area contributed by atoms with E-state index >= 15 is 0 Å². The van der Waals surface area contributed by atoms with Gasteiger partial charge in [0.2, 0.25) is 0 Å². The number of nitriles is 1. The Morgan fingerprint density at radius 1 is 1.45 bits per heavy atom. The average molecular weight is 278 g/mol. The lowest BCUT2D eigenvalue weighted by atomic mass is 9.95. The molecule has 20 heavy (non-hydrogen) atoms. The van der Waals surface area contributed by atoms with Gasteiger partial charge in [-0.15, -0.1) is 0 Å². The van der Waals surface area contributed by atoms with E-state index in [1.165, 1.54) is 39.0 Å². The number of nitrogens with one attached hydrogen (secondary N) is 1. The Hall–Kier alpha value is -2.42. The molecule has 0 saturated heterocycles. The van der Waals surface area contributed by atoms with Crippen LogP contribution in [-0.4, -0.2) is 18.5 Å². The van der Waals surface area contributed by atoms with Crippen LogP contribution in [0.1, 0.15) is 31.9 Å². The van der Waals surface area contributed by atoms with Crippen molar-refractivity contribution in [2.45, 2.75) is 26.4 Å². The standard InChI is InChI=1S/C14H15FN2O3/c1-9(18)20-8-13(19)17-11-4-5-12(14(2,3)15)10(6-11)7-16/h4-6H,8H2,1-3H3,(H,17,19). The molecule has 0 fully saturated rings. The fourth-order valence-corrected chi connectivity index (χ4v) is 1.60. The number of alkyl halides is 1. The highest BCUT2D eigenvalue weighted by Gasteiger charge is 2.22. The highest BCUT2D eigenvalue weighted by Crippen LogP contribution is 2.29. The first-order valence-corrected chi connectivity index (χ1v) is 5.91. The van der Waals surface area contributed by atoms with Crippen LogP contribution in [0.4, 0.5) is 10.1 Å². The lowest BCUT2D eigenvalue weighted by Crippen LogP contribution is -2.20. The zero-order valence-electron chi connectivity index (χ0n) is 11.5. The Morgan fingerprint density at radius 3 is 2.60 bits per heavy atom. The minimum absolute atomic E-state index is 0.141. The van der Waals surface area contributed by atoms with Crippen molar-refractivity contribution in [3.8, 4) is 6.07 Å². The van der Waals surface area contributed by atoms with Crippen LogP contribution in [-0.2, 0) is 20.0 Å². The highest BCUT2D eigenvalue weighted by molar-refractivity contribution is 5.92. The Labute approximate surface area is 116 Å². The number of amides is 1. The lowest BCUT2D eigenvalue weighted by molar-refractivity contribution is -0.144. The minimum Gasteiger partial charge on any atom is -0.456 e. The van der Waals surface area contributed by atoms with E-state index in [0.29, 0.717) is 5.69 Å². The number of nitrogens with zero attached hydrogens (tertiary/aromatic N) is 1. The maximum atomic E-state index is 13.9. The number of carbonyl (C=O) groups excluding carboxylic acids is 2. The summed E-state index contributed by atoms with van der Waals surface area (Å²) in [6, 6.07) is 6.20.